The van der Waals surface area contributed by atoms with Crippen LogP contribution in [0.4, 0.5) is 10.5 Å². The molecule has 1 aliphatic rings. The van der Waals surface area contributed by atoms with Gasteiger partial charge in [0.15, 0.2) is 0 Å². The number of hydrogen-bond acceptors (Lipinski definition) is 3. The van der Waals surface area contributed by atoms with Crippen molar-refractivity contribution in [2.75, 3.05) is 18.0 Å². The minimum absolute atomic E-state index is 0.0290. The quantitative estimate of drug-likeness (QED) is 0.840. The van der Waals surface area contributed by atoms with Crippen molar-refractivity contribution in [2.24, 2.45) is 0 Å². The van der Waals surface area contributed by atoms with Crippen LogP contribution in [0.3, 0.4) is 0 Å². The number of benzene rings is 2. The number of nitrogens with zero attached hydrogens (tertiary/aromatic N) is 2. The zero-order chi connectivity index (χ0) is 18.4. The van der Waals surface area contributed by atoms with Crippen LogP contribution in [-0.2, 0) is 16.1 Å². The van der Waals surface area contributed by atoms with Gasteiger partial charge in [-0.3, -0.25) is 4.79 Å². The molecule has 0 bridgehead atoms. The summed E-state index contributed by atoms with van der Waals surface area (Å²) in [5.41, 5.74) is 1.88. The van der Waals surface area contributed by atoms with Crippen LogP contribution in [-0.4, -0.2) is 36.0 Å². The van der Waals surface area contributed by atoms with Crippen LogP contribution < -0.4 is 4.90 Å². The van der Waals surface area contributed by atoms with Crippen LogP contribution in [0.1, 0.15) is 25.3 Å². The van der Waals surface area contributed by atoms with Gasteiger partial charge in [-0.25, -0.2) is 4.79 Å². The highest BCUT2D eigenvalue weighted by atomic mass is 16.6. The number of ether oxygens (including phenoxy) is 1. The molecular formula is C21H24N2O3. The van der Waals surface area contributed by atoms with E-state index in [4.69, 9.17) is 4.74 Å². The average Bonchev–Trinajstić information content (AvgIpc) is 2.68. The number of rotatable bonds is 4. The number of para-hydroxylation sites is 1. The first-order chi connectivity index (χ1) is 12.6. The van der Waals surface area contributed by atoms with Gasteiger partial charge in [-0.2, -0.15) is 0 Å². The predicted octanol–water partition coefficient (Wildman–Crippen LogP) is 3.84. The summed E-state index contributed by atoms with van der Waals surface area (Å²) < 4.78 is 5.40. The SMILES string of the molecule is CC(=O)N(c1ccccc1)C1CCN(C(=O)OCc2ccccc2)CC1. The van der Waals surface area contributed by atoms with Gasteiger partial charge in [0.1, 0.15) is 6.61 Å². The van der Waals surface area contributed by atoms with Gasteiger partial charge in [-0.05, 0) is 30.5 Å². The summed E-state index contributed by atoms with van der Waals surface area (Å²) in [4.78, 5) is 28.0. The van der Waals surface area contributed by atoms with Gasteiger partial charge in [0.25, 0.3) is 0 Å². The van der Waals surface area contributed by atoms with Crippen molar-refractivity contribution in [1.29, 1.82) is 0 Å². The highest BCUT2D eigenvalue weighted by Gasteiger charge is 2.29. The molecule has 0 aromatic heterocycles. The van der Waals surface area contributed by atoms with Gasteiger partial charge in [-0.15, -0.1) is 0 Å². The molecule has 3 rings (SSSR count). The summed E-state index contributed by atoms with van der Waals surface area (Å²) in [5, 5.41) is 0. The Kier molecular flexibility index (Phi) is 5.89. The molecule has 0 atom stereocenters. The van der Waals surface area contributed by atoms with Crippen molar-refractivity contribution >= 4 is 17.7 Å². The van der Waals surface area contributed by atoms with Crippen LogP contribution >= 0.6 is 0 Å². The molecule has 0 saturated carbocycles. The third-order valence-corrected chi connectivity index (χ3v) is 4.67. The van der Waals surface area contributed by atoms with E-state index < -0.39 is 0 Å². The summed E-state index contributed by atoms with van der Waals surface area (Å²) in [7, 11) is 0. The zero-order valence-electron chi connectivity index (χ0n) is 15.0. The molecule has 2 amide bonds. The molecule has 1 saturated heterocycles. The van der Waals surface area contributed by atoms with E-state index in [2.05, 4.69) is 0 Å². The van der Waals surface area contributed by atoms with E-state index in [9.17, 15) is 9.59 Å². The summed E-state index contributed by atoms with van der Waals surface area (Å²) >= 11 is 0. The number of likely N-dealkylation sites (tertiary alicyclic amines) is 1. The van der Waals surface area contributed by atoms with Gasteiger partial charge in [-0.1, -0.05) is 48.5 Å². The maximum absolute atomic E-state index is 12.3. The normalized spacial score (nSPS) is 14.7. The Labute approximate surface area is 154 Å². The molecule has 0 aliphatic carbocycles. The Morgan fingerprint density at radius 2 is 1.58 bits per heavy atom. The molecular weight excluding hydrogens is 328 g/mol. The van der Waals surface area contributed by atoms with E-state index in [-0.39, 0.29) is 24.6 Å². The number of carbonyl (C=O) groups is 2. The van der Waals surface area contributed by atoms with Crippen molar-refractivity contribution in [1.82, 2.24) is 4.90 Å². The fraction of sp³-hybridized carbons (Fsp3) is 0.333. The number of amides is 2. The van der Waals surface area contributed by atoms with Crippen molar-refractivity contribution in [3.05, 3.63) is 66.2 Å². The van der Waals surface area contributed by atoms with Gasteiger partial charge >= 0.3 is 6.09 Å². The third kappa shape index (κ3) is 4.42. The van der Waals surface area contributed by atoms with Gasteiger partial charge in [0, 0.05) is 31.7 Å². The Bertz CT molecular complexity index is 725. The largest absolute Gasteiger partial charge is 0.445 e. The molecule has 5 nitrogen and oxygen atoms in total. The number of hydrogen-bond donors (Lipinski definition) is 0. The summed E-state index contributed by atoms with van der Waals surface area (Å²) in [6, 6.07) is 19.5. The Morgan fingerprint density at radius 3 is 2.15 bits per heavy atom. The Morgan fingerprint density at radius 1 is 1.00 bits per heavy atom. The van der Waals surface area contributed by atoms with E-state index >= 15 is 0 Å². The summed E-state index contributed by atoms with van der Waals surface area (Å²) in [6.07, 6.45) is 1.20. The average molecular weight is 352 g/mol. The first-order valence-corrected chi connectivity index (χ1v) is 8.95. The molecule has 0 radical (unpaired) electrons. The molecule has 136 valence electrons. The lowest BCUT2D eigenvalue weighted by molar-refractivity contribution is -0.117. The van der Waals surface area contributed by atoms with Crippen LogP contribution in [0.15, 0.2) is 60.7 Å². The number of anilines is 1. The molecule has 1 heterocycles. The molecule has 1 aliphatic heterocycles. The second-order valence-corrected chi connectivity index (χ2v) is 6.48. The smallest absolute Gasteiger partial charge is 0.410 e. The second kappa shape index (κ2) is 8.52. The van der Waals surface area contributed by atoms with E-state index in [1.54, 1.807) is 11.8 Å². The predicted molar refractivity (Wildman–Crippen MR) is 101 cm³/mol. The fourth-order valence-electron chi connectivity index (χ4n) is 3.36. The molecule has 1 fully saturated rings. The summed E-state index contributed by atoms with van der Waals surface area (Å²) in [6.45, 7) is 3.06. The first-order valence-electron chi connectivity index (χ1n) is 8.95. The van der Waals surface area contributed by atoms with E-state index in [0.717, 1.165) is 24.1 Å². The first kappa shape index (κ1) is 18.0. The van der Waals surface area contributed by atoms with E-state index in [1.807, 2.05) is 65.6 Å². The Hall–Kier alpha value is -2.82. The van der Waals surface area contributed by atoms with Gasteiger partial charge < -0.3 is 14.5 Å². The lowest BCUT2D eigenvalue weighted by Gasteiger charge is -2.37. The molecule has 2 aromatic rings. The highest BCUT2D eigenvalue weighted by molar-refractivity contribution is 5.92. The van der Waals surface area contributed by atoms with Crippen LogP contribution in [0, 0.1) is 0 Å². The van der Waals surface area contributed by atoms with Crippen molar-refractivity contribution in [2.45, 2.75) is 32.4 Å². The van der Waals surface area contributed by atoms with Crippen LogP contribution in [0.5, 0.6) is 0 Å². The minimum atomic E-state index is -0.290. The maximum atomic E-state index is 12.3. The van der Waals surface area contributed by atoms with Gasteiger partial charge in [0.2, 0.25) is 5.91 Å². The molecule has 0 N–H and O–H groups in total. The van der Waals surface area contributed by atoms with Crippen LogP contribution in [0.25, 0.3) is 0 Å². The molecule has 0 unspecified atom stereocenters. The highest BCUT2D eigenvalue weighted by Crippen LogP contribution is 2.24. The topological polar surface area (TPSA) is 49.9 Å². The standard InChI is InChI=1S/C21H24N2O3/c1-17(24)23(19-10-6-3-7-11-19)20-12-14-22(15-13-20)21(25)26-16-18-8-4-2-5-9-18/h2-11,20H,12-16H2,1H3. The zero-order valence-corrected chi connectivity index (χ0v) is 15.0. The summed E-state index contributed by atoms with van der Waals surface area (Å²) in [5.74, 6) is 0.0290. The van der Waals surface area contributed by atoms with E-state index in [0.29, 0.717) is 13.1 Å². The van der Waals surface area contributed by atoms with Crippen molar-refractivity contribution in [3.8, 4) is 0 Å². The maximum Gasteiger partial charge on any atom is 0.410 e. The second-order valence-electron chi connectivity index (χ2n) is 6.48. The lowest BCUT2D eigenvalue weighted by Crippen LogP contribution is -2.48. The molecule has 5 heteroatoms. The number of carbonyl (C=O) groups excluding carboxylic acids is 2. The third-order valence-electron chi connectivity index (χ3n) is 4.67. The van der Waals surface area contributed by atoms with Crippen molar-refractivity contribution < 1.29 is 14.3 Å². The number of piperidine rings is 1. The Balaban J connectivity index is 1.54. The van der Waals surface area contributed by atoms with Gasteiger partial charge in [0.05, 0.1) is 0 Å². The van der Waals surface area contributed by atoms with Crippen LogP contribution in [0.2, 0.25) is 0 Å². The minimum Gasteiger partial charge on any atom is -0.445 e. The molecule has 26 heavy (non-hydrogen) atoms. The fourth-order valence-corrected chi connectivity index (χ4v) is 3.36. The monoisotopic (exact) mass is 352 g/mol. The van der Waals surface area contributed by atoms with Crippen molar-refractivity contribution in [3.63, 3.8) is 0 Å². The lowest BCUT2D eigenvalue weighted by atomic mass is 10.0. The molecule has 0 spiro atoms. The van der Waals surface area contributed by atoms with E-state index in [1.165, 1.54) is 0 Å². The molecule has 2 aromatic carbocycles.